The van der Waals surface area contributed by atoms with Crippen LogP contribution in [-0.4, -0.2) is 4.30 Å². The molecular weight excluding hydrogens is 243 g/mol. The van der Waals surface area contributed by atoms with Gasteiger partial charge in [0, 0.05) is 22.6 Å². The van der Waals surface area contributed by atoms with Gasteiger partial charge in [-0.15, -0.1) is 0 Å². The lowest BCUT2D eigenvalue weighted by Crippen LogP contribution is -2.06. The highest BCUT2D eigenvalue weighted by Gasteiger charge is 2.19. The van der Waals surface area contributed by atoms with E-state index in [0.717, 1.165) is 11.5 Å². The fraction of sp³-hybridized carbons (Fsp3) is 0.143. The van der Waals surface area contributed by atoms with Crippen LogP contribution in [0.25, 0.3) is 0 Å². The number of benzene rings is 1. The van der Waals surface area contributed by atoms with Crippen molar-refractivity contribution in [2.24, 2.45) is 0 Å². The number of hydrogen-bond donors (Lipinski definition) is 0. The molecule has 0 aromatic heterocycles. The summed E-state index contributed by atoms with van der Waals surface area (Å²) in [5.41, 5.74) is 0. The molecule has 10 heavy (non-hydrogen) atoms. The summed E-state index contributed by atoms with van der Waals surface area (Å²) >= 11 is 2.08. The molecule has 0 unspecified atom stereocenters. The molecular formula is C7H5IO2. The second-order valence-electron chi connectivity index (χ2n) is 1.96. The van der Waals surface area contributed by atoms with Crippen LogP contribution in [0.2, 0.25) is 0 Å². The Hall–Kier alpha value is -0.450. The number of alkyl halides is 1. The third-order valence-electron chi connectivity index (χ3n) is 1.29. The van der Waals surface area contributed by atoms with Crippen molar-refractivity contribution in [3.8, 4) is 11.5 Å². The van der Waals surface area contributed by atoms with Crippen LogP contribution in [0.15, 0.2) is 24.3 Å². The van der Waals surface area contributed by atoms with Gasteiger partial charge in [0.1, 0.15) is 0 Å². The summed E-state index contributed by atoms with van der Waals surface area (Å²) in [5, 5.41) is 0. The zero-order chi connectivity index (χ0) is 6.97. The van der Waals surface area contributed by atoms with Crippen molar-refractivity contribution in [1.82, 2.24) is 0 Å². The Morgan fingerprint density at radius 1 is 1.10 bits per heavy atom. The van der Waals surface area contributed by atoms with Crippen molar-refractivity contribution in [1.29, 1.82) is 0 Å². The Kier molecular flexibility index (Phi) is 1.44. The lowest BCUT2D eigenvalue weighted by atomic mass is 10.3. The normalized spacial score (nSPS) is 15.7. The number of ether oxygens (including phenoxy) is 2. The Labute approximate surface area is 72.3 Å². The van der Waals surface area contributed by atoms with E-state index in [4.69, 9.17) is 9.47 Å². The van der Waals surface area contributed by atoms with Crippen LogP contribution in [0, 0.1) is 0 Å². The van der Waals surface area contributed by atoms with Crippen LogP contribution in [0.4, 0.5) is 0 Å². The van der Waals surface area contributed by atoms with Gasteiger partial charge >= 0.3 is 0 Å². The van der Waals surface area contributed by atoms with E-state index in [1.54, 1.807) is 0 Å². The SMILES string of the molecule is IC1Oc2ccccc2O1. The maximum atomic E-state index is 5.27. The third kappa shape index (κ3) is 0.941. The van der Waals surface area contributed by atoms with Gasteiger partial charge in [0.05, 0.1) is 0 Å². The second kappa shape index (κ2) is 2.30. The summed E-state index contributed by atoms with van der Waals surface area (Å²) in [7, 11) is 0. The predicted molar refractivity (Wildman–Crippen MR) is 45.5 cm³/mol. The molecule has 0 radical (unpaired) electrons. The van der Waals surface area contributed by atoms with Crippen molar-refractivity contribution in [2.45, 2.75) is 4.30 Å². The number of para-hydroxylation sites is 2. The molecule has 1 aliphatic rings. The van der Waals surface area contributed by atoms with E-state index in [1.165, 1.54) is 0 Å². The average molecular weight is 248 g/mol. The first-order valence-corrected chi connectivity index (χ1v) is 4.17. The molecule has 2 rings (SSSR count). The molecule has 0 N–H and O–H groups in total. The summed E-state index contributed by atoms with van der Waals surface area (Å²) in [5.74, 6) is 1.67. The Morgan fingerprint density at radius 3 is 2.10 bits per heavy atom. The summed E-state index contributed by atoms with van der Waals surface area (Å²) in [6.45, 7) is 0. The van der Waals surface area contributed by atoms with Gasteiger partial charge in [-0.2, -0.15) is 0 Å². The van der Waals surface area contributed by atoms with Crippen molar-refractivity contribution < 1.29 is 9.47 Å². The minimum Gasteiger partial charge on any atom is -0.442 e. The predicted octanol–water partition coefficient (Wildman–Crippen LogP) is 2.18. The van der Waals surface area contributed by atoms with E-state index >= 15 is 0 Å². The van der Waals surface area contributed by atoms with Gasteiger partial charge in [0.2, 0.25) is 0 Å². The minimum absolute atomic E-state index is 0.157. The van der Waals surface area contributed by atoms with Crippen LogP contribution in [-0.2, 0) is 0 Å². The van der Waals surface area contributed by atoms with Crippen molar-refractivity contribution in [3.63, 3.8) is 0 Å². The number of hydrogen-bond acceptors (Lipinski definition) is 2. The lowest BCUT2D eigenvalue weighted by molar-refractivity contribution is 0.152. The number of rotatable bonds is 0. The maximum Gasteiger partial charge on any atom is 0.292 e. The van der Waals surface area contributed by atoms with Crippen molar-refractivity contribution in [3.05, 3.63) is 24.3 Å². The highest BCUT2D eigenvalue weighted by atomic mass is 127. The quantitative estimate of drug-likeness (QED) is 0.517. The Balaban J connectivity index is 2.42. The van der Waals surface area contributed by atoms with E-state index < -0.39 is 0 Å². The second-order valence-corrected chi connectivity index (χ2v) is 2.97. The topological polar surface area (TPSA) is 18.5 Å². The third-order valence-corrected chi connectivity index (χ3v) is 1.80. The standard InChI is InChI=1S/C7H5IO2/c8-7-9-5-3-1-2-4-6(5)10-7/h1-4,7H. The van der Waals surface area contributed by atoms with E-state index in [2.05, 4.69) is 22.6 Å². The average Bonchev–Trinajstić information content (AvgIpc) is 2.27. The molecule has 2 nitrogen and oxygen atoms in total. The van der Waals surface area contributed by atoms with Crippen LogP contribution in [0.5, 0.6) is 11.5 Å². The van der Waals surface area contributed by atoms with Crippen LogP contribution < -0.4 is 9.47 Å². The maximum absolute atomic E-state index is 5.27. The van der Waals surface area contributed by atoms with Crippen molar-refractivity contribution in [2.75, 3.05) is 0 Å². The molecule has 1 aliphatic heterocycles. The summed E-state index contributed by atoms with van der Waals surface area (Å²) in [6, 6.07) is 7.65. The van der Waals surface area contributed by atoms with E-state index in [0.29, 0.717) is 0 Å². The molecule has 0 atom stereocenters. The summed E-state index contributed by atoms with van der Waals surface area (Å²) in [6.07, 6.45) is 0. The van der Waals surface area contributed by atoms with Crippen molar-refractivity contribution >= 4 is 22.6 Å². The lowest BCUT2D eigenvalue weighted by Gasteiger charge is -1.97. The van der Waals surface area contributed by atoms with E-state index in [9.17, 15) is 0 Å². The molecule has 0 spiro atoms. The molecule has 0 saturated carbocycles. The fourth-order valence-electron chi connectivity index (χ4n) is 0.869. The molecule has 0 amide bonds. The largest absolute Gasteiger partial charge is 0.442 e. The smallest absolute Gasteiger partial charge is 0.292 e. The van der Waals surface area contributed by atoms with Gasteiger partial charge in [-0.05, 0) is 12.1 Å². The number of fused-ring (bicyclic) bond motifs is 1. The first kappa shape index (κ1) is 6.27. The van der Waals surface area contributed by atoms with Crippen LogP contribution in [0.1, 0.15) is 0 Å². The molecule has 0 saturated heterocycles. The van der Waals surface area contributed by atoms with E-state index in [1.807, 2.05) is 24.3 Å². The zero-order valence-electron chi connectivity index (χ0n) is 5.08. The van der Waals surface area contributed by atoms with Crippen LogP contribution in [0.3, 0.4) is 0 Å². The fourth-order valence-corrected chi connectivity index (χ4v) is 1.42. The molecule has 0 aliphatic carbocycles. The van der Waals surface area contributed by atoms with Gasteiger partial charge in [-0.1, -0.05) is 12.1 Å². The molecule has 52 valence electrons. The zero-order valence-corrected chi connectivity index (χ0v) is 7.24. The molecule has 0 fully saturated rings. The van der Waals surface area contributed by atoms with Gasteiger partial charge in [0.25, 0.3) is 4.30 Å². The molecule has 3 heteroatoms. The molecule has 1 aromatic carbocycles. The van der Waals surface area contributed by atoms with Gasteiger partial charge in [-0.25, -0.2) is 0 Å². The summed E-state index contributed by atoms with van der Waals surface area (Å²) < 4.78 is 10.4. The summed E-state index contributed by atoms with van der Waals surface area (Å²) in [4.78, 5) is 0. The number of halogens is 1. The van der Waals surface area contributed by atoms with Crippen LogP contribution >= 0.6 is 22.6 Å². The Morgan fingerprint density at radius 2 is 1.60 bits per heavy atom. The minimum atomic E-state index is -0.157. The van der Waals surface area contributed by atoms with Gasteiger partial charge < -0.3 is 9.47 Å². The first-order chi connectivity index (χ1) is 4.86. The Bertz CT molecular complexity index is 224. The highest BCUT2D eigenvalue weighted by Crippen LogP contribution is 2.35. The van der Waals surface area contributed by atoms with E-state index in [-0.39, 0.29) is 4.30 Å². The molecule has 1 aromatic rings. The first-order valence-electron chi connectivity index (χ1n) is 2.93. The molecule has 1 heterocycles. The van der Waals surface area contributed by atoms with Gasteiger partial charge in [0.15, 0.2) is 11.5 Å². The van der Waals surface area contributed by atoms with Gasteiger partial charge in [-0.3, -0.25) is 0 Å². The highest BCUT2D eigenvalue weighted by molar-refractivity contribution is 14.1. The monoisotopic (exact) mass is 248 g/mol. The molecule has 0 bridgehead atoms.